The molecule has 1 aliphatic rings. The number of alkyl halides is 6. The van der Waals surface area contributed by atoms with Gasteiger partial charge in [0.1, 0.15) is 12.1 Å². The Morgan fingerprint density at radius 1 is 0.930 bits per heavy atom. The van der Waals surface area contributed by atoms with Crippen LogP contribution in [-0.4, -0.2) is 22.5 Å². The number of carbonyl (C=O) groups excluding carboxylic acids is 1. The maximum Gasteiger partial charge on any atom is 0.416 e. The first-order valence-corrected chi connectivity index (χ1v) is 12.7. The lowest BCUT2D eigenvalue weighted by Crippen LogP contribution is -2.50. The van der Waals surface area contributed by atoms with Crippen molar-refractivity contribution in [2.45, 2.75) is 37.5 Å². The predicted molar refractivity (Wildman–Crippen MR) is 142 cm³/mol. The van der Waals surface area contributed by atoms with Gasteiger partial charge in [0.15, 0.2) is 0 Å². The zero-order valence-electron chi connectivity index (χ0n) is 22.4. The molecule has 0 aliphatic carbocycles. The van der Waals surface area contributed by atoms with E-state index in [1.165, 1.54) is 13.0 Å². The number of halogens is 6. The minimum atomic E-state index is -5.06. The standard InChI is InChI=1S/C30H24F6N2O5/c1-20(22-14-24(29(31,32)33)16-25(15-22)30(34,35)36)43-19-28(23-10-6-3-7-11-23)13-12-26(38(40)41)17-37(28)27(39)42-18-21-8-4-2-5-9-21/h2-17,20H,18-19H2,1H3/t20-,28?/m1/s1. The summed E-state index contributed by atoms with van der Waals surface area (Å²) in [6, 6.07) is 17.8. The van der Waals surface area contributed by atoms with Crippen LogP contribution in [0.5, 0.6) is 0 Å². The largest absolute Gasteiger partial charge is 0.444 e. The summed E-state index contributed by atoms with van der Waals surface area (Å²) in [5, 5.41) is 11.6. The molecule has 43 heavy (non-hydrogen) atoms. The number of nitrogens with zero attached hydrogens (tertiary/aromatic N) is 2. The molecule has 0 bridgehead atoms. The predicted octanol–water partition coefficient (Wildman–Crippen LogP) is 8.02. The van der Waals surface area contributed by atoms with Crippen molar-refractivity contribution in [2.24, 2.45) is 0 Å². The molecule has 1 heterocycles. The second kappa shape index (κ2) is 12.3. The number of ether oxygens (including phenoxy) is 2. The van der Waals surface area contributed by atoms with Crippen molar-refractivity contribution in [1.29, 1.82) is 0 Å². The number of hydrogen-bond acceptors (Lipinski definition) is 5. The Morgan fingerprint density at radius 2 is 1.49 bits per heavy atom. The Morgan fingerprint density at radius 3 is 2.02 bits per heavy atom. The molecule has 3 aromatic carbocycles. The van der Waals surface area contributed by atoms with Gasteiger partial charge in [0.2, 0.25) is 0 Å². The summed E-state index contributed by atoms with van der Waals surface area (Å²) in [6.07, 6.45) is -9.07. The minimum Gasteiger partial charge on any atom is -0.444 e. The maximum absolute atomic E-state index is 13.5. The van der Waals surface area contributed by atoms with E-state index in [9.17, 15) is 41.3 Å². The molecule has 13 heteroatoms. The molecular formula is C30H24F6N2O5. The van der Waals surface area contributed by atoms with Crippen LogP contribution in [0.1, 0.15) is 40.8 Å². The molecule has 1 aliphatic heterocycles. The van der Waals surface area contributed by atoms with Crippen LogP contribution in [0.15, 0.2) is 103 Å². The van der Waals surface area contributed by atoms with Crippen LogP contribution in [0.4, 0.5) is 31.1 Å². The molecule has 7 nitrogen and oxygen atoms in total. The topological polar surface area (TPSA) is 81.9 Å². The van der Waals surface area contributed by atoms with Gasteiger partial charge in [0.25, 0.3) is 5.70 Å². The SMILES string of the molecule is C[C@@H](OCC1(c2ccccc2)C=CC([N+](=O)[O-])=CN1C(=O)OCc1ccccc1)c1cc(C(F)(F)F)cc(C(F)(F)F)c1. The zero-order chi connectivity index (χ0) is 31.4. The number of hydrogen-bond donors (Lipinski definition) is 0. The van der Waals surface area contributed by atoms with Crippen LogP contribution in [-0.2, 0) is 34.0 Å². The number of rotatable bonds is 8. The molecule has 0 spiro atoms. The quantitative estimate of drug-likeness (QED) is 0.147. The molecule has 0 fully saturated rings. The fraction of sp³-hybridized carbons (Fsp3) is 0.233. The molecule has 1 amide bonds. The van der Waals surface area contributed by atoms with Gasteiger partial charge in [-0.2, -0.15) is 26.3 Å². The summed E-state index contributed by atoms with van der Waals surface area (Å²) < 4.78 is 92.1. The molecule has 0 aromatic heterocycles. The van der Waals surface area contributed by atoms with Gasteiger partial charge in [0.05, 0.1) is 35.0 Å². The third-order valence-corrected chi connectivity index (χ3v) is 6.74. The molecule has 2 atom stereocenters. The number of benzene rings is 3. The smallest absolute Gasteiger partial charge is 0.416 e. The van der Waals surface area contributed by atoms with E-state index in [4.69, 9.17) is 9.47 Å². The second-order valence-electron chi connectivity index (χ2n) is 9.64. The average Bonchev–Trinajstić information content (AvgIpc) is 2.98. The lowest BCUT2D eigenvalue weighted by Gasteiger charge is -2.41. The van der Waals surface area contributed by atoms with Crippen molar-refractivity contribution in [3.05, 3.63) is 141 Å². The van der Waals surface area contributed by atoms with E-state index >= 15 is 0 Å². The number of carbonyl (C=O) groups is 1. The summed E-state index contributed by atoms with van der Waals surface area (Å²) >= 11 is 0. The first-order valence-electron chi connectivity index (χ1n) is 12.7. The molecule has 226 valence electrons. The van der Waals surface area contributed by atoms with Crippen LogP contribution in [0.3, 0.4) is 0 Å². The first kappa shape index (κ1) is 31.3. The number of allylic oxidation sites excluding steroid dienone is 1. The lowest BCUT2D eigenvalue weighted by atomic mass is 9.86. The number of nitro groups is 1. The first-order chi connectivity index (χ1) is 20.2. The van der Waals surface area contributed by atoms with Crippen molar-refractivity contribution in [1.82, 2.24) is 4.90 Å². The third-order valence-electron chi connectivity index (χ3n) is 6.74. The highest BCUT2D eigenvalue weighted by atomic mass is 19.4. The van der Waals surface area contributed by atoms with Gasteiger partial charge in [-0.3, -0.25) is 15.0 Å². The van der Waals surface area contributed by atoms with E-state index in [2.05, 4.69) is 0 Å². The highest BCUT2D eigenvalue weighted by Crippen LogP contribution is 2.40. The van der Waals surface area contributed by atoms with Gasteiger partial charge in [0, 0.05) is 6.08 Å². The molecule has 1 unspecified atom stereocenters. The summed E-state index contributed by atoms with van der Waals surface area (Å²) in [4.78, 5) is 25.3. The van der Waals surface area contributed by atoms with Crippen molar-refractivity contribution in [3.63, 3.8) is 0 Å². The fourth-order valence-electron chi connectivity index (χ4n) is 4.43. The lowest BCUT2D eigenvalue weighted by molar-refractivity contribution is -0.420. The maximum atomic E-state index is 13.5. The molecule has 0 N–H and O–H groups in total. The van der Waals surface area contributed by atoms with E-state index < -0.39 is 64.0 Å². The fourth-order valence-corrected chi connectivity index (χ4v) is 4.43. The summed E-state index contributed by atoms with van der Waals surface area (Å²) in [7, 11) is 0. The van der Waals surface area contributed by atoms with Gasteiger partial charge in [-0.05, 0) is 47.9 Å². The van der Waals surface area contributed by atoms with Crippen LogP contribution in [0.25, 0.3) is 0 Å². The highest BCUT2D eigenvalue weighted by molar-refractivity contribution is 5.72. The summed E-state index contributed by atoms with van der Waals surface area (Å²) in [5.41, 5.74) is -4.51. The Balaban J connectivity index is 1.72. The third kappa shape index (κ3) is 7.23. The van der Waals surface area contributed by atoms with E-state index in [0.29, 0.717) is 23.3 Å². The molecule has 3 aromatic rings. The normalized spacial score (nSPS) is 17.7. The van der Waals surface area contributed by atoms with Crippen LogP contribution < -0.4 is 0 Å². The van der Waals surface area contributed by atoms with Crippen molar-refractivity contribution >= 4 is 6.09 Å². The minimum absolute atomic E-state index is 0.0138. The Bertz CT molecular complexity index is 1490. The molecule has 4 rings (SSSR count). The Labute approximate surface area is 241 Å². The van der Waals surface area contributed by atoms with Crippen molar-refractivity contribution in [3.8, 4) is 0 Å². The highest BCUT2D eigenvalue weighted by Gasteiger charge is 2.44. The van der Waals surface area contributed by atoms with Crippen molar-refractivity contribution < 1.29 is 45.5 Å². The summed E-state index contributed by atoms with van der Waals surface area (Å²) in [5.74, 6) is 0. The molecule has 0 saturated carbocycles. The van der Waals surface area contributed by atoms with Crippen LogP contribution in [0.2, 0.25) is 0 Å². The van der Waals surface area contributed by atoms with Gasteiger partial charge < -0.3 is 9.47 Å². The van der Waals surface area contributed by atoms with E-state index in [0.717, 1.165) is 17.2 Å². The van der Waals surface area contributed by atoms with E-state index in [1.54, 1.807) is 60.7 Å². The zero-order valence-corrected chi connectivity index (χ0v) is 22.4. The summed E-state index contributed by atoms with van der Waals surface area (Å²) in [6.45, 7) is 0.555. The second-order valence-corrected chi connectivity index (χ2v) is 9.64. The van der Waals surface area contributed by atoms with Gasteiger partial charge in [-0.1, -0.05) is 60.7 Å². The van der Waals surface area contributed by atoms with Crippen molar-refractivity contribution in [2.75, 3.05) is 6.61 Å². The van der Waals surface area contributed by atoms with Crippen LogP contribution >= 0.6 is 0 Å². The van der Waals surface area contributed by atoms with E-state index in [-0.39, 0.29) is 12.7 Å². The van der Waals surface area contributed by atoms with Gasteiger partial charge in [-0.15, -0.1) is 0 Å². The van der Waals surface area contributed by atoms with E-state index in [1.807, 2.05) is 0 Å². The Kier molecular flexibility index (Phi) is 8.95. The molecular weight excluding hydrogens is 582 g/mol. The van der Waals surface area contributed by atoms with Gasteiger partial charge in [-0.25, -0.2) is 4.79 Å². The van der Waals surface area contributed by atoms with Gasteiger partial charge >= 0.3 is 18.4 Å². The average molecular weight is 607 g/mol. The van der Waals surface area contributed by atoms with Crippen LogP contribution in [0, 0.1) is 10.1 Å². The molecule has 0 saturated heterocycles. The monoisotopic (exact) mass is 606 g/mol. The Hall–Kier alpha value is -4.65. The molecule has 0 radical (unpaired) electrons. The number of amides is 1.